The van der Waals surface area contributed by atoms with Gasteiger partial charge in [-0.05, 0) is 30.7 Å². The van der Waals surface area contributed by atoms with Crippen LogP contribution in [0.2, 0.25) is 0 Å². The number of nitrogens with zero attached hydrogens (tertiary/aromatic N) is 2. The van der Waals surface area contributed by atoms with Crippen molar-refractivity contribution < 1.29 is 4.79 Å². The number of rotatable bonds is 2. The Morgan fingerprint density at radius 3 is 2.52 bits per heavy atom. The number of urea groups is 1. The van der Waals surface area contributed by atoms with Gasteiger partial charge in [0.05, 0.1) is 12.2 Å². The molecule has 0 saturated carbocycles. The van der Waals surface area contributed by atoms with Crippen molar-refractivity contribution >= 4 is 34.3 Å². The van der Waals surface area contributed by atoms with E-state index in [9.17, 15) is 4.79 Å². The summed E-state index contributed by atoms with van der Waals surface area (Å²) in [5.41, 5.74) is 2.67. The van der Waals surface area contributed by atoms with Gasteiger partial charge in [-0.2, -0.15) is 0 Å². The van der Waals surface area contributed by atoms with E-state index in [2.05, 4.69) is 17.2 Å². The zero-order chi connectivity index (χ0) is 16.2. The average Bonchev–Trinajstić information content (AvgIpc) is 2.96. The topological polar surface area (TPSA) is 44.7 Å². The summed E-state index contributed by atoms with van der Waals surface area (Å²) in [7, 11) is 0. The number of anilines is 2. The van der Waals surface area contributed by atoms with Crippen molar-refractivity contribution in [1.29, 1.82) is 0 Å². The Hall–Kier alpha value is -2.27. The van der Waals surface area contributed by atoms with Gasteiger partial charge in [0.1, 0.15) is 0 Å². The normalized spacial score (nSPS) is 16.8. The van der Waals surface area contributed by atoms with Crippen molar-refractivity contribution in [2.75, 3.05) is 16.8 Å². The lowest BCUT2D eigenvalue weighted by Crippen LogP contribution is -2.38. The fraction of sp³-hybridized carbons (Fsp3) is 0.222. The molecule has 0 aliphatic carbocycles. The van der Waals surface area contributed by atoms with Gasteiger partial charge < -0.3 is 5.32 Å². The summed E-state index contributed by atoms with van der Waals surface area (Å²) >= 11 is 1.63. The maximum Gasteiger partial charge on any atom is 0.332 e. The Kier molecular flexibility index (Phi) is 4.67. The van der Waals surface area contributed by atoms with E-state index < -0.39 is 0 Å². The highest BCUT2D eigenvalue weighted by Crippen LogP contribution is 2.29. The lowest BCUT2D eigenvalue weighted by molar-refractivity contribution is 0.259. The number of amidine groups is 1. The van der Waals surface area contributed by atoms with Crippen LogP contribution in [0.15, 0.2) is 59.6 Å². The van der Waals surface area contributed by atoms with Crippen molar-refractivity contribution in [3.63, 3.8) is 0 Å². The standard InChI is InChI=1S/C18H19N3OS/c1-13-8-6-7-11-16(13)21(18-19-12-14(2)23-18)17(22)20-15-9-4-3-5-10-15/h3-11,14H,12H2,1-2H3,(H,20,22)/t14-/m1/s1. The second kappa shape index (κ2) is 6.87. The van der Waals surface area contributed by atoms with E-state index in [1.54, 1.807) is 16.7 Å². The number of hydrogen-bond acceptors (Lipinski definition) is 3. The molecular weight excluding hydrogens is 306 g/mol. The van der Waals surface area contributed by atoms with Gasteiger partial charge in [0, 0.05) is 10.9 Å². The molecule has 1 aliphatic rings. The summed E-state index contributed by atoms with van der Waals surface area (Å²) < 4.78 is 0. The van der Waals surface area contributed by atoms with Crippen LogP contribution in [0.3, 0.4) is 0 Å². The first-order valence-electron chi connectivity index (χ1n) is 7.58. The number of para-hydroxylation sites is 2. The number of hydrogen-bond donors (Lipinski definition) is 1. The first-order valence-corrected chi connectivity index (χ1v) is 8.46. The predicted molar refractivity (Wildman–Crippen MR) is 98.5 cm³/mol. The quantitative estimate of drug-likeness (QED) is 0.882. The van der Waals surface area contributed by atoms with E-state index >= 15 is 0 Å². The first kappa shape index (κ1) is 15.6. The van der Waals surface area contributed by atoms with Crippen LogP contribution in [0.25, 0.3) is 0 Å². The molecule has 2 aromatic rings. The van der Waals surface area contributed by atoms with Gasteiger partial charge in [0.25, 0.3) is 0 Å². The van der Waals surface area contributed by atoms with Gasteiger partial charge in [0.15, 0.2) is 5.17 Å². The Bertz CT molecular complexity index is 730. The Balaban J connectivity index is 1.92. The van der Waals surface area contributed by atoms with Gasteiger partial charge in [-0.3, -0.25) is 4.99 Å². The van der Waals surface area contributed by atoms with Crippen LogP contribution in [0.4, 0.5) is 16.2 Å². The molecular formula is C18H19N3OS. The number of aryl methyl sites for hydroxylation is 1. The number of carbonyl (C=O) groups excluding carboxylic acids is 1. The predicted octanol–water partition coefficient (Wildman–Crippen LogP) is 4.52. The molecule has 1 atom stereocenters. The number of amides is 2. The summed E-state index contributed by atoms with van der Waals surface area (Å²) in [6.07, 6.45) is 0. The summed E-state index contributed by atoms with van der Waals surface area (Å²) in [6.45, 7) is 4.86. The number of nitrogens with one attached hydrogen (secondary N) is 1. The number of thioether (sulfide) groups is 1. The molecule has 0 radical (unpaired) electrons. The second-order valence-electron chi connectivity index (χ2n) is 5.47. The van der Waals surface area contributed by atoms with Crippen molar-refractivity contribution in [3.05, 3.63) is 60.2 Å². The molecule has 1 heterocycles. The lowest BCUT2D eigenvalue weighted by atomic mass is 10.2. The molecule has 4 nitrogen and oxygen atoms in total. The SMILES string of the molecule is Cc1ccccc1N(C(=O)Nc1ccccc1)C1=NC[C@@H](C)S1. The van der Waals surface area contributed by atoms with Crippen molar-refractivity contribution in [2.24, 2.45) is 4.99 Å². The Labute approximate surface area is 140 Å². The van der Waals surface area contributed by atoms with E-state index in [-0.39, 0.29) is 6.03 Å². The molecule has 23 heavy (non-hydrogen) atoms. The van der Waals surface area contributed by atoms with Crippen LogP contribution in [0.1, 0.15) is 12.5 Å². The van der Waals surface area contributed by atoms with E-state index in [0.29, 0.717) is 5.25 Å². The van der Waals surface area contributed by atoms with E-state index in [4.69, 9.17) is 0 Å². The summed E-state index contributed by atoms with van der Waals surface area (Å²) in [5, 5.41) is 4.09. The van der Waals surface area contributed by atoms with Crippen molar-refractivity contribution in [1.82, 2.24) is 0 Å². The fourth-order valence-electron chi connectivity index (χ4n) is 2.40. The third-order valence-corrected chi connectivity index (χ3v) is 4.64. The van der Waals surface area contributed by atoms with Gasteiger partial charge >= 0.3 is 6.03 Å². The first-order chi connectivity index (χ1) is 11.1. The fourth-order valence-corrected chi connectivity index (χ4v) is 3.34. The molecule has 0 unspecified atom stereocenters. The molecule has 5 heteroatoms. The smallest absolute Gasteiger partial charge is 0.307 e. The number of carbonyl (C=O) groups is 1. The van der Waals surface area contributed by atoms with Gasteiger partial charge in [-0.25, -0.2) is 9.69 Å². The van der Waals surface area contributed by atoms with E-state index in [1.165, 1.54) is 0 Å². The van der Waals surface area contributed by atoms with Crippen LogP contribution < -0.4 is 10.2 Å². The maximum absolute atomic E-state index is 12.9. The Morgan fingerprint density at radius 1 is 1.17 bits per heavy atom. The van der Waals surface area contributed by atoms with Gasteiger partial charge in [0.2, 0.25) is 0 Å². The highest BCUT2D eigenvalue weighted by Gasteiger charge is 2.28. The highest BCUT2D eigenvalue weighted by atomic mass is 32.2. The molecule has 2 aromatic carbocycles. The van der Waals surface area contributed by atoms with E-state index in [0.717, 1.165) is 28.7 Å². The molecule has 118 valence electrons. The second-order valence-corrected chi connectivity index (χ2v) is 6.88. The lowest BCUT2D eigenvalue weighted by Gasteiger charge is -2.24. The molecule has 0 aromatic heterocycles. The van der Waals surface area contributed by atoms with Gasteiger partial charge in [-0.1, -0.05) is 55.1 Å². The molecule has 0 spiro atoms. The summed E-state index contributed by atoms with van der Waals surface area (Å²) in [6, 6.07) is 17.1. The minimum atomic E-state index is -0.189. The monoisotopic (exact) mass is 325 g/mol. The molecule has 0 bridgehead atoms. The third-order valence-electron chi connectivity index (χ3n) is 3.57. The maximum atomic E-state index is 12.9. The van der Waals surface area contributed by atoms with Crippen LogP contribution in [-0.2, 0) is 0 Å². The summed E-state index contributed by atoms with van der Waals surface area (Å²) in [5.74, 6) is 0. The minimum absolute atomic E-state index is 0.189. The number of aliphatic imine (C=N–C) groups is 1. The van der Waals surface area contributed by atoms with Crippen molar-refractivity contribution in [3.8, 4) is 0 Å². The van der Waals surface area contributed by atoms with Crippen LogP contribution in [0, 0.1) is 6.92 Å². The largest absolute Gasteiger partial charge is 0.332 e. The third kappa shape index (κ3) is 3.56. The number of benzene rings is 2. The molecule has 0 saturated heterocycles. The molecule has 0 fully saturated rings. The highest BCUT2D eigenvalue weighted by molar-refractivity contribution is 8.15. The van der Waals surface area contributed by atoms with E-state index in [1.807, 2.05) is 61.5 Å². The van der Waals surface area contributed by atoms with Gasteiger partial charge in [-0.15, -0.1) is 0 Å². The molecule has 2 amide bonds. The molecule has 1 N–H and O–H groups in total. The van der Waals surface area contributed by atoms with Crippen molar-refractivity contribution in [2.45, 2.75) is 19.1 Å². The minimum Gasteiger partial charge on any atom is -0.307 e. The molecule has 1 aliphatic heterocycles. The summed E-state index contributed by atoms with van der Waals surface area (Å²) in [4.78, 5) is 19.1. The van der Waals surface area contributed by atoms with Crippen LogP contribution in [-0.4, -0.2) is 23.0 Å². The Morgan fingerprint density at radius 2 is 1.87 bits per heavy atom. The zero-order valence-corrected chi connectivity index (χ0v) is 14.0. The average molecular weight is 325 g/mol. The van der Waals surface area contributed by atoms with Crippen LogP contribution in [0.5, 0.6) is 0 Å². The van der Waals surface area contributed by atoms with Crippen LogP contribution >= 0.6 is 11.8 Å². The zero-order valence-electron chi connectivity index (χ0n) is 13.2. The molecule has 3 rings (SSSR count).